The summed E-state index contributed by atoms with van der Waals surface area (Å²) in [7, 11) is 2.06. The van der Waals surface area contributed by atoms with Crippen LogP contribution in [0.4, 0.5) is 0 Å². The van der Waals surface area contributed by atoms with Crippen LogP contribution in [0, 0.1) is 4.77 Å². The number of hydrogen-bond donors (Lipinski definition) is 1. The van der Waals surface area contributed by atoms with Gasteiger partial charge in [0, 0.05) is 18.0 Å². The summed E-state index contributed by atoms with van der Waals surface area (Å²) in [5.41, 5.74) is 1.37. The first kappa shape index (κ1) is 14.9. The summed E-state index contributed by atoms with van der Waals surface area (Å²) in [6, 6.07) is 0. The van der Waals surface area contributed by atoms with Crippen LogP contribution in [0.3, 0.4) is 0 Å². The number of aromatic amines is 1. The van der Waals surface area contributed by atoms with Crippen LogP contribution in [-0.2, 0) is 19.4 Å². The summed E-state index contributed by atoms with van der Waals surface area (Å²) in [6.07, 6.45) is 4.56. The first-order chi connectivity index (χ1) is 10.1. The normalized spacial score (nSPS) is 14.8. The topological polar surface area (TPSA) is 41.0 Å². The Morgan fingerprint density at radius 1 is 1.38 bits per heavy atom. The lowest BCUT2D eigenvalue weighted by Gasteiger charge is -2.15. The highest BCUT2D eigenvalue weighted by molar-refractivity contribution is 7.71. The average molecular weight is 323 g/mol. The first-order valence-corrected chi connectivity index (χ1v) is 8.80. The molecule has 0 atom stereocenters. The smallest absolute Gasteiger partial charge is 0.263 e. The molecular formula is C15H21N3OS2. The van der Waals surface area contributed by atoms with Crippen LogP contribution in [0.25, 0.3) is 10.2 Å². The van der Waals surface area contributed by atoms with Gasteiger partial charge in [0.25, 0.3) is 5.56 Å². The number of fused-ring (bicyclic) bond motifs is 3. The number of nitrogens with one attached hydrogen (secondary N) is 1. The van der Waals surface area contributed by atoms with E-state index in [4.69, 9.17) is 12.2 Å². The lowest BCUT2D eigenvalue weighted by atomic mass is 9.97. The van der Waals surface area contributed by atoms with Crippen molar-refractivity contribution in [3.05, 3.63) is 25.6 Å². The first-order valence-electron chi connectivity index (χ1n) is 7.57. The molecule has 0 radical (unpaired) electrons. The SMILES string of the molecule is CCN(C)CCn1c(=S)[nH]c2sc3c(c2c1=O)CCCC3. The predicted octanol–water partition coefficient (Wildman–Crippen LogP) is 2.95. The third-order valence-electron chi connectivity index (χ3n) is 4.34. The van der Waals surface area contributed by atoms with Gasteiger partial charge in [0.2, 0.25) is 0 Å². The van der Waals surface area contributed by atoms with Crippen LogP contribution < -0.4 is 5.56 Å². The molecular weight excluding hydrogens is 302 g/mol. The van der Waals surface area contributed by atoms with Crippen molar-refractivity contribution in [3.63, 3.8) is 0 Å². The molecule has 2 heterocycles. The van der Waals surface area contributed by atoms with Gasteiger partial charge in [0.1, 0.15) is 4.83 Å². The Morgan fingerprint density at radius 2 is 2.14 bits per heavy atom. The highest BCUT2D eigenvalue weighted by Crippen LogP contribution is 2.33. The van der Waals surface area contributed by atoms with Gasteiger partial charge in [0.15, 0.2) is 4.77 Å². The molecule has 0 aliphatic heterocycles. The van der Waals surface area contributed by atoms with E-state index in [1.54, 1.807) is 15.9 Å². The van der Waals surface area contributed by atoms with Gasteiger partial charge < -0.3 is 9.88 Å². The molecule has 0 fully saturated rings. The summed E-state index contributed by atoms with van der Waals surface area (Å²) in [4.78, 5) is 20.7. The second-order valence-corrected chi connectivity index (χ2v) is 7.19. The predicted molar refractivity (Wildman–Crippen MR) is 91.1 cm³/mol. The van der Waals surface area contributed by atoms with E-state index in [0.717, 1.165) is 36.1 Å². The molecule has 0 saturated heterocycles. The van der Waals surface area contributed by atoms with Gasteiger partial charge in [-0.3, -0.25) is 9.36 Å². The van der Waals surface area contributed by atoms with E-state index in [1.807, 2.05) is 0 Å². The second kappa shape index (κ2) is 6.02. The summed E-state index contributed by atoms with van der Waals surface area (Å²) in [5.74, 6) is 0. The number of aromatic nitrogens is 2. The zero-order valence-electron chi connectivity index (χ0n) is 12.6. The molecule has 0 bridgehead atoms. The molecule has 0 unspecified atom stereocenters. The Kier molecular flexibility index (Phi) is 4.28. The zero-order valence-corrected chi connectivity index (χ0v) is 14.2. The fraction of sp³-hybridized carbons (Fsp3) is 0.600. The van der Waals surface area contributed by atoms with Crippen molar-refractivity contribution in [2.75, 3.05) is 20.1 Å². The molecule has 1 aliphatic rings. The molecule has 114 valence electrons. The number of hydrogen-bond acceptors (Lipinski definition) is 4. The molecule has 2 aromatic heterocycles. The Labute approximate surface area is 133 Å². The Balaban J connectivity index is 2.09. The third kappa shape index (κ3) is 2.72. The van der Waals surface area contributed by atoms with Crippen LogP contribution in [0.2, 0.25) is 0 Å². The number of aryl methyl sites for hydroxylation is 2. The minimum Gasteiger partial charge on any atom is -0.323 e. The van der Waals surface area contributed by atoms with Crippen LogP contribution in [0.5, 0.6) is 0 Å². The number of likely N-dealkylation sites (N-methyl/N-ethyl adjacent to an activating group) is 1. The summed E-state index contributed by atoms with van der Waals surface area (Å²) in [6.45, 7) is 4.58. The van der Waals surface area contributed by atoms with Gasteiger partial charge in [-0.2, -0.15) is 0 Å². The van der Waals surface area contributed by atoms with Gasteiger partial charge in [-0.25, -0.2) is 0 Å². The second-order valence-electron chi connectivity index (χ2n) is 5.70. The van der Waals surface area contributed by atoms with Crippen molar-refractivity contribution >= 4 is 33.8 Å². The molecule has 1 N–H and O–H groups in total. The van der Waals surface area contributed by atoms with Crippen molar-refractivity contribution in [2.45, 2.75) is 39.2 Å². The fourth-order valence-electron chi connectivity index (χ4n) is 2.90. The van der Waals surface area contributed by atoms with E-state index in [0.29, 0.717) is 11.3 Å². The Hall–Kier alpha value is -0.980. The van der Waals surface area contributed by atoms with Crippen molar-refractivity contribution < 1.29 is 0 Å². The van der Waals surface area contributed by atoms with Crippen molar-refractivity contribution in [1.82, 2.24) is 14.5 Å². The highest BCUT2D eigenvalue weighted by Gasteiger charge is 2.20. The molecule has 0 aromatic carbocycles. The van der Waals surface area contributed by atoms with Gasteiger partial charge in [-0.05, 0) is 57.1 Å². The molecule has 3 rings (SSSR count). The van der Waals surface area contributed by atoms with Gasteiger partial charge in [0.05, 0.1) is 5.39 Å². The molecule has 21 heavy (non-hydrogen) atoms. The minimum absolute atomic E-state index is 0.0950. The van der Waals surface area contributed by atoms with Crippen LogP contribution in [0.15, 0.2) is 4.79 Å². The summed E-state index contributed by atoms with van der Waals surface area (Å²) >= 11 is 7.11. The quantitative estimate of drug-likeness (QED) is 0.880. The Bertz CT molecular complexity index is 772. The fourth-order valence-corrected chi connectivity index (χ4v) is 4.53. The lowest BCUT2D eigenvalue weighted by molar-refractivity contribution is 0.332. The maximum Gasteiger partial charge on any atom is 0.263 e. The van der Waals surface area contributed by atoms with Crippen molar-refractivity contribution in [2.24, 2.45) is 0 Å². The lowest BCUT2D eigenvalue weighted by Crippen LogP contribution is -2.29. The maximum absolute atomic E-state index is 12.8. The zero-order chi connectivity index (χ0) is 15.0. The monoisotopic (exact) mass is 323 g/mol. The van der Waals surface area contributed by atoms with Crippen LogP contribution in [-0.4, -0.2) is 34.6 Å². The van der Waals surface area contributed by atoms with E-state index in [9.17, 15) is 4.79 Å². The van der Waals surface area contributed by atoms with Crippen molar-refractivity contribution in [1.29, 1.82) is 0 Å². The summed E-state index contributed by atoms with van der Waals surface area (Å²) in [5, 5.41) is 0.891. The van der Waals surface area contributed by atoms with E-state index in [1.165, 1.54) is 23.3 Å². The highest BCUT2D eigenvalue weighted by atomic mass is 32.1. The molecule has 0 amide bonds. The van der Waals surface area contributed by atoms with Gasteiger partial charge in [-0.15, -0.1) is 11.3 Å². The third-order valence-corrected chi connectivity index (χ3v) is 5.87. The number of thiophene rings is 1. The Morgan fingerprint density at radius 3 is 2.90 bits per heavy atom. The molecule has 0 saturated carbocycles. The maximum atomic E-state index is 12.8. The summed E-state index contributed by atoms with van der Waals surface area (Å²) < 4.78 is 2.28. The minimum atomic E-state index is 0.0950. The van der Waals surface area contributed by atoms with Gasteiger partial charge >= 0.3 is 0 Å². The van der Waals surface area contributed by atoms with E-state index in [2.05, 4.69) is 23.9 Å². The number of H-pyrrole nitrogens is 1. The van der Waals surface area contributed by atoms with E-state index in [-0.39, 0.29) is 5.56 Å². The van der Waals surface area contributed by atoms with E-state index >= 15 is 0 Å². The van der Waals surface area contributed by atoms with Gasteiger partial charge in [-0.1, -0.05) is 6.92 Å². The van der Waals surface area contributed by atoms with E-state index < -0.39 is 0 Å². The molecule has 4 nitrogen and oxygen atoms in total. The largest absolute Gasteiger partial charge is 0.323 e. The molecule has 2 aromatic rings. The molecule has 0 spiro atoms. The molecule has 6 heteroatoms. The average Bonchev–Trinajstić information content (AvgIpc) is 2.84. The van der Waals surface area contributed by atoms with Crippen LogP contribution >= 0.6 is 23.6 Å². The molecule has 1 aliphatic carbocycles. The standard InChI is InChI=1S/C15H21N3OS2/c1-3-17(2)8-9-18-14(19)12-10-6-4-5-7-11(10)21-13(12)16-15(18)20/h3-9H2,1-2H3,(H,16,20). The van der Waals surface area contributed by atoms with Crippen molar-refractivity contribution in [3.8, 4) is 0 Å². The number of rotatable bonds is 4. The van der Waals surface area contributed by atoms with Crippen LogP contribution in [0.1, 0.15) is 30.2 Å². The number of nitrogens with zero attached hydrogens (tertiary/aromatic N) is 2.